The largest absolute Gasteiger partial charge is 0.468 e. The molecule has 8 nitrogen and oxygen atoms in total. The highest BCUT2D eigenvalue weighted by atomic mass is 16.5. The van der Waals surface area contributed by atoms with Crippen LogP contribution in [0.2, 0.25) is 0 Å². The Morgan fingerprint density at radius 2 is 2.05 bits per heavy atom. The SMILES string of the molecule is COC(=O)C(NCC#N)/C(C)=N/NC(=O)Nc1ccccc1. The van der Waals surface area contributed by atoms with Gasteiger partial charge >= 0.3 is 12.0 Å². The van der Waals surface area contributed by atoms with Crippen molar-refractivity contribution in [3.63, 3.8) is 0 Å². The van der Waals surface area contributed by atoms with E-state index in [1.807, 2.05) is 12.1 Å². The van der Waals surface area contributed by atoms with Gasteiger partial charge < -0.3 is 10.1 Å². The molecule has 0 saturated heterocycles. The summed E-state index contributed by atoms with van der Waals surface area (Å²) in [5.41, 5.74) is 3.15. The standard InChI is InChI=1S/C14H17N5O3/c1-10(12(13(20)22-2)16-9-8-15)18-19-14(21)17-11-6-4-3-5-7-11/h3-7,12,16H,9H2,1-2H3,(H2,17,19,21)/b18-10+. The molecule has 3 N–H and O–H groups in total. The van der Waals surface area contributed by atoms with E-state index in [4.69, 9.17) is 5.26 Å². The smallest absolute Gasteiger partial charge is 0.339 e. The normalized spacial score (nSPS) is 12.0. The van der Waals surface area contributed by atoms with E-state index in [1.54, 1.807) is 24.3 Å². The van der Waals surface area contributed by atoms with Gasteiger partial charge in [-0.25, -0.2) is 15.0 Å². The number of para-hydroxylation sites is 1. The molecule has 0 heterocycles. The molecule has 0 aliphatic carbocycles. The zero-order chi connectivity index (χ0) is 16.4. The second kappa shape index (κ2) is 9.10. The Hall–Kier alpha value is -2.92. The van der Waals surface area contributed by atoms with Crippen molar-refractivity contribution >= 4 is 23.4 Å². The maximum atomic E-state index is 11.7. The predicted molar refractivity (Wildman–Crippen MR) is 81.1 cm³/mol. The minimum atomic E-state index is -0.901. The molecule has 1 aromatic rings. The number of nitriles is 1. The highest BCUT2D eigenvalue weighted by Crippen LogP contribution is 2.04. The van der Waals surface area contributed by atoms with Crippen LogP contribution in [-0.2, 0) is 9.53 Å². The second-order valence-electron chi connectivity index (χ2n) is 4.18. The minimum Gasteiger partial charge on any atom is -0.468 e. The number of nitrogens with zero attached hydrogens (tertiary/aromatic N) is 2. The van der Waals surface area contributed by atoms with Crippen molar-refractivity contribution in [1.82, 2.24) is 10.7 Å². The first kappa shape index (κ1) is 17.1. The number of benzene rings is 1. The van der Waals surface area contributed by atoms with Crippen LogP contribution in [0, 0.1) is 11.3 Å². The molecule has 0 bridgehead atoms. The zero-order valence-corrected chi connectivity index (χ0v) is 12.3. The Labute approximate surface area is 128 Å². The second-order valence-corrected chi connectivity index (χ2v) is 4.18. The van der Waals surface area contributed by atoms with Crippen LogP contribution in [-0.4, -0.2) is 37.4 Å². The van der Waals surface area contributed by atoms with Gasteiger partial charge in [0.05, 0.1) is 25.4 Å². The number of hydrazone groups is 1. The molecule has 22 heavy (non-hydrogen) atoms. The Bertz CT molecular complexity index is 580. The summed E-state index contributed by atoms with van der Waals surface area (Å²) in [6, 6.07) is 9.24. The van der Waals surface area contributed by atoms with Crippen molar-refractivity contribution in [1.29, 1.82) is 5.26 Å². The average Bonchev–Trinajstić information content (AvgIpc) is 2.53. The molecule has 0 radical (unpaired) electrons. The zero-order valence-electron chi connectivity index (χ0n) is 12.3. The third-order valence-electron chi connectivity index (χ3n) is 2.61. The molecule has 8 heteroatoms. The molecule has 0 aliphatic heterocycles. The van der Waals surface area contributed by atoms with Crippen LogP contribution >= 0.6 is 0 Å². The molecule has 2 amide bonds. The van der Waals surface area contributed by atoms with E-state index >= 15 is 0 Å². The lowest BCUT2D eigenvalue weighted by Crippen LogP contribution is -2.44. The predicted octanol–water partition coefficient (Wildman–Crippen LogP) is 0.839. The first-order chi connectivity index (χ1) is 10.6. The average molecular weight is 303 g/mol. The summed E-state index contributed by atoms with van der Waals surface area (Å²) in [6.45, 7) is 1.48. The van der Waals surface area contributed by atoms with E-state index in [0.29, 0.717) is 5.69 Å². The number of carbonyl (C=O) groups is 2. The van der Waals surface area contributed by atoms with Gasteiger partial charge in [-0.3, -0.25) is 5.32 Å². The maximum absolute atomic E-state index is 11.7. The highest BCUT2D eigenvalue weighted by molar-refractivity contribution is 6.05. The summed E-state index contributed by atoms with van der Waals surface area (Å²) in [5.74, 6) is -0.596. The Balaban J connectivity index is 2.63. The first-order valence-corrected chi connectivity index (χ1v) is 6.43. The third kappa shape index (κ3) is 5.60. The van der Waals surface area contributed by atoms with E-state index < -0.39 is 18.0 Å². The fourth-order valence-electron chi connectivity index (χ4n) is 1.55. The van der Waals surface area contributed by atoms with Gasteiger partial charge in [-0.1, -0.05) is 18.2 Å². The maximum Gasteiger partial charge on any atom is 0.339 e. The van der Waals surface area contributed by atoms with Crippen LogP contribution in [0.5, 0.6) is 0 Å². The van der Waals surface area contributed by atoms with Gasteiger partial charge in [0.25, 0.3) is 0 Å². The van der Waals surface area contributed by atoms with Crippen molar-refractivity contribution in [3.8, 4) is 6.07 Å². The van der Waals surface area contributed by atoms with Gasteiger partial charge in [0, 0.05) is 5.69 Å². The summed E-state index contributed by atoms with van der Waals surface area (Å²) in [7, 11) is 1.23. The van der Waals surface area contributed by atoms with Crippen LogP contribution in [0.3, 0.4) is 0 Å². The summed E-state index contributed by atoms with van der Waals surface area (Å²) in [5, 5.41) is 17.6. The third-order valence-corrected chi connectivity index (χ3v) is 2.61. The fraction of sp³-hybridized carbons (Fsp3) is 0.286. The minimum absolute atomic E-state index is 0.0527. The Kier molecular flexibility index (Phi) is 7.08. The number of ether oxygens (including phenoxy) is 1. The number of nitrogens with one attached hydrogen (secondary N) is 3. The summed E-state index contributed by atoms with van der Waals surface area (Å²) in [4.78, 5) is 23.3. The quantitative estimate of drug-likeness (QED) is 0.312. The van der Waals surface area contributed by atoms with Gasteiger partial charge in [0.15, 0.2) is 0 Å². The molecular formula is C14H17N5O3. The molecule has 1 rings (SSSR count). The van der Waals surface area contributed by atoms with Crippen molar-refractivity contribution in [2.24, 2.45) is 5.10 Å². The highest BCUT2D eigenvalue weighted by Gasteiger charge is 2.22. The van der Waals surface area contributed by atoms with Crippen molar-refractivity contribution in [3.05, 3.63) is 30.3 Å². The molecular weight excluding hydrogens is 286 g/mol. The Morgan fingerprint density at radius 3 is 2.64 bits per heavy atom. The van der Waals surface area contributed by atoms with E-state index in [2.05, 4.69) is 25.9 Å². The van der Waals surface area contributed by atoms with E-state index in [1.165, 1.54) is 14.0 Å². The summed E-state index contributed by atoms with van der Waals surface area (Å²) in [6.07, 6.45) is 0. The summed E-state index contributed by atoms with van der Waals surface area (Å²) >= 11 is 0. The van der Waals surface area contributed by atoms with E-state index in [0.717, 1.165) is 0 Å². The molecule has 1 atom stereocenters. The fourth-order valence-corrected chi connectivity index (χ4v) is 1.55. The molecule has 0 aromatic heterocycles. The van der Waals surface area contributed by atoms with Gasteiger partial charge in [-0.2, -0.15) is 10.4 Å². The van der Waals surface area contributed by atoms with Crippen LogP contribution in [0.1, 0.15) is 6.92 Å². The number of amides is 2. The monoisotopic (exact) mass is 303 g/mol. The number of hydrogen-bond acceptors (Lipinski definition) is 6. The number of esters is 1. The molecule has 1 unspecified atom stereocenters. The number of methoxy groups -OCH3 is 1. The Morgan fingerprint density at radius 1 is 1.36 bits per heavy atom. The lowest BCUT2D eigenvalue weighted by Gasteiger charge is -2.14. The molecule has 0 aliphatic rings. The lowest BCUT2D eigenvalue weighted by molar-refractivity contribution is -0.141. The van der Waals surface area contributed by atoms with Gasteiger partial charge in [-0.05, 0) is 19.1 Å². The molecule has 1 aromatic carbocycles. The first-order valence-electron chi connectivity index (χ1n) is 6.43. The van der Waals surface area contributed by atoms with Crippen LogP contribution in [0.25, 0.3) is 0 Å². The lowest BCUT2D eigenvalue weighted by atomic mass is 10.2. The van der Waals surface area contributed by atoms with Crippen molar-refractivity contribution in [2.75, 3.05) is 19.0 Å². The van der Waals surface area contributed by atoms with Gasteiger partial charge in [-0.15, -0.1) is 0 Å². The number of carbonyl (C=O) groups excluding carboxylic acids is 2. The topological polar surface area (TPSA) is 116 Å². The van der Waals surface area contributed by atoms with Crippen molar-refractivity contribution < 1.29 is 14.3 Å². The number of rotatable bonds is 6. The molecule has 0 saturated carbocycles. The molecule has 0 fully saturated rings. The van der Waals surface area contributed by atoms with Crippen LogP contribution in [0.4, 0.5) is 10.5 Å². The van der Waals surface area contributed by atoms with Crippen LogP contribution < -0.4 is 16.1 Å². The van der Waals surface area contributed by atoms with E-state index in [-0.39, 0.29) is 12.3 Å². The number of urea groups is 1. The molecule has 116 valence electrons. The number of hydrogen-bond donors (Lipinski definition) is 3. The van der Waals surface area contributed by atoms with E-state index in [9.17, 15) is 9.59 Å². The summed E-state index contributed by atoms with van der Waals surface area (Å²) < 4.78 is 4.61. The van der Waals surface area contributed by atoms with Crippen molar-refractivity contribution in [2.45, 2.75) is 13.0 Å². The van der Waals surface area contributed by atoms with Gasteiger partial charge in [0.2, 0.25) is 0 Å². The molecule has 0 spiro atoms. The number of anilines is 1. The van der Waals surface area contributed by atoms with Gasteiger partial charge in [0.1, 0.15) is 6.04 Å². The van der Waals surface area contributed by atoms with Crippen LogP contribution in [0.15, 0.2) is 35.4 Å².